The van der Waals surface area contributed by atoms with Crippen molar-refractivity contribution in [2.24, 2.45) is 0 Å². The first-order valence-corrected chi connectivity index (χ1v) is 9.18. The maximum atomic E-state index is 12.5. The molecule has 1 N–H and O–H groups in total. The van der Waals surface area contributed by atoms with Crippen LogP contribution in [0.1, 0.15) is 21.6 Å². The van der Waals surface area contributed by atoms with Gasteiger partial charge in [0, 0.05) is 7.05 Å². The molecule has 2 heterocycles. The summed E-state index contributed by atoms with van der Waals surface area (Å²) >= 11 is 2.93. The van der Waals surface area contributed by atoms with Gasteiger partial charge < -0.3 is 10.2 Å². The molecular formula is C17H17N3O2S2. The second-order valence-corrected chi connectivity index (χ2v) is 7.50. The predicted molar refractivity (Wildman–Crippen MR) is 97.3 cm³/mol. The third kappa shape index (κ3) is 3.63. The molecule has 0 saturated heterocycles. The van der Waals surface area contributed by atoms with Gasteiger partial charge in [-0.3, -0.25) is 9.59 Å². The minimum Gasteiger partial charge on any atom is -0.340 e. The summed E-state index contributed by atoms with van der Waals surface area (Å²) in [6.45, 7) is 2.13. The molecule has 0 aliphatic heterocycles. The molecule has 3 aromatic rings. The molecule has 2 amide bonds. The van der Waals surface area contributed by atoms with E-state index in [9.17, 15) is 9.59 Å². The Hall–Kier alpha value is -2.25. The average Bonchev–Trinajstić information content (AvgIpc) is 3.22. The number of benzene rings is 1. The van der Waals surface area contributed by atoms with Gasteiger partial charge in [0.05, 0.1) is 21.6 Å². The molecule has 0 spiro atoms. The number of aromatic nitrogens is 1. The number of carbonyl (C=O) groups is 2. The van der Waals surface area contributed by atoms with E-state index >= 15 is 0 Å². The van der Waals surface area contributed by atoms with Crippen molar-refractivity contribution in [2.75, 3.05) is 7.05 Å². The summed E-state index contributed by atoms with van der Waals surface area (Å²) in [4.78, 5) is 31.2. The molecular weight excluding hydrogens is 342 g/mol. The molecule has 0 aliphatic rings. The van der Waals surface area contributed by atoms with Gasteiger partial charge in [-0.1, -0.05) is 18.2 Å². The smallest absolute Gasteiger partial charge is 0.261 e. The Kier molecular flexibility index (Phi) is 4.92. The summed E-state index contributed by atoms with van der Waals surface area (Å²) in [6.07, 6.45) is 0. The number of thiophene rings is 1. The van der Waals surface area contributed by atoms with Crippen molar-refractivity contribution in [3.05, 3.63) is 51.7 Å². The van der Waals surface area contributed by atoms with E-state index in [1.54, 1.807) is 36.3 Å². The maximum Gasteiger partial charge on any atom is 0.261 e. The lowest BCUT2D eigenvalue weighted by molar-refractivity contribution is -0.132. The van der Waals surface area contributed by atoms with Crippen molar-refractivity contribution >= 4 is 44.7 Å². The number of amides is 2. The maximum absolute atomic E-state index is 12.5. The highest BCUT2D eigenvalue weighted by Crippen LogP contribution is 2.22. The monoisotopic (exact) mass is 359 g/mol. The van der Waals surface area contributed by atoms with Crippen molar-refractivity contribution in [1.82, 2.24) is 15.2 Å². The molecule has 0 saturated carbocycles. The quantitative estimate of drug-likeness (QED) is 0.761. The lowest BCUT2D eigenvalue weighted by Crippen LogP contribution is -2.45. The van der Waals surface area contributed by atoms with E-state index < -0.39 is 6.04 Å². The van der Waals surface area contributed by atoms with Crippen molar-refractivity contribution in [3.63, 3.8) is 0 Å². The van der Waals surface area contributed by atoms with Crippen LogP contribution in [0.5, 0.6) is 0 Å². The number of hydrogen-bond acceptors (Lipinski definition) is 5. The van der Waals surface area contributed by atoms with E-state index in [-0.39, 0.29) is 11.8 Å². The Balaban J connectivity index is 1.62. The minimum atomic E-state index is -0.584. The fourth-order valence-corrected chi connectivity index (χ4v) is 3.98. The number of carbonyl (C=O) groups excluding carboxylic acids is 2. The van der Waals surface area contributed by atoms with Gasteiger partial charge in [-0.2, -0.15) is 0 Å². The Morgan fingerprint density at radius 1 is 1.25 bits per heavy atom. The highest BCUT2D eigenvalue weighted by Gasteiger charge is 2.21. The van der Waals surface area contributed by atoms with Gasteiger partial charge in [-0.25, -0.2) is 4.98 Å². The van der Waals surface area contributed by atoms with E-state index in [0.29, 0.717) is 11.4 Å². The van der Waals surface area contributed by atoms with Gasteiger partial charge in [-0.05, 0) is 30.5 Å². The first-order chi connectivity index (χ1) is 11.5. The summed E-state index contributed by atoms with van der Waals surface area (Å²) in [7, 11) is 1.72. The molecule has 2 aromatic heterocycles. The zero-order valence-corrected chi connectivity index (χ0v) is 15.0. The van der Waals surface area contributed by atoms with Crippen LogP contribution in [0.25, 0.3) is 10.2 Å². The summed E-state index contributed by atoms with van der Waals surface area (Å²) < 4.78 is 1.10. The largest absolute Gasteiger partial charge is 0.340 e. The molecule has 0 bridgehead atoms. The molecule has 0 aliphatic carbocycles. The normalized spacial score (nSPS) is 12.1. The van der Waals surface area contributed by atoms with Gasteiger partial charge in [0.1, 0.15) is 11.0 Å². The lowest BCUT2D eigenvalue weighted by Gasteiger charge is -2.21. The zero-order valence-electron chi connectivity index (χ0n) is 13.4. The average molecular weight is 359 g/mol. The second kappa shape index (κ2) is 7.11. The number of thiazole rings is 1. The van der Waals surface area contributed by atoms with Crippen molar-refractivity contribution in [2.45, 2.75) is 19.5 Å². The standard InChI is InChI=1S/C17H17N3O2S2/c1-11(18-16(21)14-8-5-9-23-14)17(22)20(2)10-15-19-12-6-3-4-7-13(12)24-15/h3-9,11H,10H2,1-2H3,(H,18,21). The molecule has 124 valence electrons. The van der Waals surface area contributed by atoms with Gasteiger partial charge in [0.2, 0.25) is 5.91 Å². The molecule has 0 radical (unpaired) electrons. The van der Waals surface area contributed by atoms with Crippen LogP contribution in [0.15, 0.2) is 41.8 Å². The number of nitrogens with zero attached hydrogens (tertiary/aromatic N) is 2. The van der Waals surface area contributed by atoms with Gasteiger partial charge >= 0.3 is 0 Å². The van der Waals surface area contributed by atoms with Crippen LogP contribution in [-0.4, -0.2) is 34.8 Å². The van der Waals surface area contributed by atoms with Crippen LogP contribution in [-0.2, 0) is 11.3 Å². The number of para-hydroxylation sites is 1. The Labute approximate surface area is 147 Å². The van der Waals surface area contributed by atoms with Crippen LogP contribution in [0.4, 0.5) is 0 Å². The van der Waals surface area contributed by atoms with E-state index in [1.165, 1.54) is 11.3 Å². The Bertz CT molecular complexity index is 825. The number of fused-ring (bicyclic) bond motifs is 1. The minimum absolute atomic E-state index is 0.140. The number of likely N-dealkylation sites (N-methyl/N-ethyl adjacent to an activating group) is 1. The van der Waals surface area contributed by atoms with Crippen molar-refractivity contribution in [1.29, 1.82) is 0 Å². The van der Waals surface area contributed by atoms with E-state index in [4.69, 9.17) is 0 Å². The van der Waals surface area contributed by atoms with Crippen molar-refractivity contribution in [3.8, 4) is 0 Å². The molecule has 0 fully saturated rings. The van der Waals surface area contributed by atoms with Crippen LogP contribution in [0.3, 0.4) is 0 Å². The van der Waals surface area contributed by atoms with Crippen molar-refractivity contribution < 1.29 is 9.59 Å². The van der Waals surface area contributed by atoms with Crippen LogP contribution >= 0.6 is 22.7 Å². The Morgan fingerprint density at radius 3 is 2.75 bits per heavy atom. The van der Waals surface area contributed by atoms with E-state index in [0.717, 1.165) is 15.2 Å². The molecule has 3 rings (SSSR count). The van der Waals surface area contributed by atoms with Gasteiger partial charge in [0.15, 0.2) is 0 Å². The van der Waals surface area contributed by atoms with Gasteiger partial charge in [-0.15, -0.1) is 22.7 Å². The number of nitrogens with one attached hydrogen (secondary N) is 1. The SMILES string of the molecule is CC(NC(=O)c1cccs1)C(=O)N(C)Cc1nc2ccccc2s1. The number of rotatable bonds is 5. The molecule has 1 aromatic carbocycles. The molecule has 5 nitrogen and oxygen atoms in total. The highest BCUT2D eigenvalue weighted by molar-refractivity contribution is 7.18. The molecule has 1 atom stereocenters. The van der Waals surface area contributed by atoms with Crippen LogP contribution in [0, 0.1) is 0 Å². The zero-order chi connectivity index (χ0) is 17.1. The van der Waals surface area contributed by atoms with Crippen LogP contribution < -0.4 is 5.32 Å². The summed E-state index contributed by atoms with van der Waals surface area (Å²) in [5, 5.41) is 5.45. The predicted octanol–water partition coefficient (Wildman–Crippen LogP) is 3.13. The summed E-state index contributed by atoms with van der Waals surface area (Å²) in [5.41, 5.74) is 0.942. The third-order valence-corrected chi connectivity index (χ3v) is 5.44. The number of hydrogen-bond donors (Lipinski definition) is 1. The topological polar surface area (TPSA) is 62.3 Å². The second-order valence-electron chi connectivity index (χ2n) is 5.44. The summed E-state index contributed by atoms with van der Waals surface area (Å²) in [5.74, 6) is -0.363. The third-order valence-electron chi connectivity index (χ3n) is 3.55. The van der Waals surface area contributed by atoms with Gasteiger partial charge in [0.25, 0.3) is 5.91 Å². The van der Waals surface area contributed by atoms with E-state index in [1.807, 2.05) is 35.7 Å². The fourth-order valence-electron chi connectivity index (χ4n) is 2.34. The Morgan fingerprint density at radius 2 is 2.04 bits per heavy atom. The van der Waals surface area contributed by atoms with Crippen LogP contribution in [0.2, 0.25) is 0 Å². The first-order valence-electron chi connectivity index (χ1n) is 7.48. The molecule has 1 unspecified atom stereocenters. The first kappa shape index (κ1) is 16.6. The fraction of sp³-hybridized carbons (Fsp3) is 0.235. The van der Waals surface area contributed by atoms with E-state index in [2.05, 4.69) is 10.3 Å². The molecule has 24 heavy (non-hydrogen) atoms. The summed E-state index contributed by atoms with van der Waals surface area (Å²) in [6, 6.07) is 10.9. The highest BCUT2D eigenvalue weighted by atomic mass is 32.1. The lowest BCUT2D eigenvalue weighted by atomic mass is 10.2. The molecule has 7 heteroatoms.